The molecule has 0 saturated heterocycles. The molecule has 1 heterocycles. The Balaban J connectivity index is 1.71. The van der Waals surface area contributed by atoms with Crippen LogP contribution in [0.4, 0.5) is 0 Å². The zero-order valence-corrected chi connectivity index (χ0v) is 12.3. The van der Waals surface area contributed by atoms with Crippen LogP contribution in [0.25, 0.3) is 0 Å². The first-order chi connectivity index (χ1) is 10.2. The van der Waals surface area contributed by atoms with Gasteiger partial charge in [-0.25, -0.2) is 4.79 Å². The van der Waals surface area contributed by atoms with Crippen LogP contribution in [-0.4, -0.2) is 42.7 Å². The molecular formula is C17H21NO3. The highest BCUT2D eigenvalue weighted by atomic mass is 16.5. The van der Waals surface area contributed by atoms with Gasteiger partial charge in [-0.05, 0) is 48.4 Å². The Hall–Kier alpha value is -1.81. The van der Waals surface area contributed by atoms with Gasteiger partial charge >= 0.3 is 5.97 Å². The summed E-state index contributed by atoms with van der Waals surface area (Å²) >= 11 is 0. The number of carbonyl (C=O) groups is 1. The number of methoxy groups -OCH3 is 1. The van der Waals surface area contributed by atoms with E-state index in [4.69, 9.17) is 9.84 Å². The molecule has 4 nitrogen and oxygen atoms in total. The molecule has 0 spiro atoms. The lowest BCUT2D eigenvalue weighted by molar-refractivity contribution is -0.133. The van der Waals surface area contributed by atoms with Crippen LogP contribution in [0.5, 0.6) is 5.75 Å². The first kappa shape index (κ1) is 14.1. The molecule has 3 rings (SSSR count). The summed E-state index contributed by atoms with van der Waals surface area (Å²) in [7, 11) is 1.69. The number of carboxylic acids is 1. The van der Waals surface area contributed by atoms with Crippen molar-refractivity contribution in [1.82, 2.24) is 4.90 Å². The monoisotopic (exact) mass is 287 g/mol. The number of rotatable bonds is 4. The number of aliphatic carboxylic acids is 1. The van der Waals surface area contributed by atoms with Crippen LogP contribution in [0.3, 0.4) is 0 Å². The van der Waals surface area contributed by atoms with Crippen LogP contribution in [0.15, 0.2) is 29.8 Å². The van der Waals surface area contributed by atoms with Crippen LogP contribution >= 0.6 is 0 Å². The molecule has 2 aliphatic rings. The van der Waals surface area contributed by atoms with Crippen molar-refractivity contribution >= 4 is 5.97 Å². The minimum Gasteiger partial charge on any atom is -0.497 e. The van der Waals surface area contributed by atoms with Crippen LogP contribution in [0, 0.1) is 0 Å². The van der Waals surface area contributed by atoms with Crippen molar-refractivity contribution in [3.8, 4) is 5.75 Å². The van der Waals surface area contributed by atoms with Crippen LogP contribution in [0.1, 0.15) is 29.9 Å². The first-order valence-electron chi connectivity index (χ1n) is 7.49. The van der Waals surface area contributed by atoms with Crippen molar-refractivity contribution in [3.63, 3.8) is 0 Å². The van der Waals surface area contributed by atoms with Crippen LogP contribution in [0.2, 0.25) is 0 Å². The maximum atomic E-state index is 11.1. The molecule has 1 N–H and O–H groups in total. The number of carboxylic acid groups (broad SMARTS) is 1. The summed E-state index contributed by atoms with van der Waals surface area (Å²) in [6.07, 6.45) is 4.94. The second-order valence-corrected chi connectivity index (χ2v) is 5.86. The summed E-state index contributed by atoms with van der Waals surface area (Å²) in [5.74, 6) is 0.613. The molecular weight excluding hydrogens is 266 g/mol. The number of aryl methyl sites for hydroxylation is 1. The molecule has 0 saturated carbocycles. The van der Waals surface area contributed by atoms with E-state index in [1.54, 1.807) is 7.11 Å². The van der Waals surface area contributed by atoms with Gasteiger partial charge in [0.15, 0.2) is 0 Å². The average molecular weight is 287 g/mol. The van der Waals surface area contributed by atoms with Crippen molar-refractivity contribution in [3.05, 3.63) is 41.0 Å². The Kier molecular flexibility index (Phi) is 3.97. The molecule has 1 aromatic rings. The van der Waals surface area contributed by atoms with E-state index < -0.39 is 5.97 Å². The zero-order valence-electron chi connectivity index (χ0n) is 12.3. The molecule has 112 valence electrons. The highest BCUT2D eigenvalue weighted by Crippen LogP contribution is 2.36. The van der Waals surface area contributed by atoms with Crippen molar-refractivity contribution in [2.45, 2.75) is 25.2 Å². The fraction of sp³-hybridized carbons (Fsp3) is 0.471. The third-order valence-electron chi connectivity index (χ3n) is 4.54. The number of nitrogens with zero attached hydrogens (tertiary/aromatic N) is 1. The van der Waals surface area contributed by atoms with E-state index >= 15 is 0 Å². The highest BCUT2D eigenvalue weighted by Gasteiger charge is 2.26. The van der Waals surface area contributed by atoms with E-state index in [2.05, 4.69) is 17.0 Å². The largest absolute Gasteiger partial charge is 0.497 e. The van der Waals surface area contributed by atoms with Crippen molar-refractivity contribution < 1.29 is 14.6 Å². The standard InChI is InChI=1S/C17H21NO3/c1-21-15-7-6-12-4-5-13(16(12)9-15)10-18-8-2-3-14(11-18)17(19)20/h3,6-7,9,13H,2,4-5,8,10-11H2,1H3,(H,19,20). The van der Waals surface area contributed by atoms with E-state index in [1.807, 2.05) is 12.1 Å². The quantitative estimate of drug-likeness (QED) is 0.924. The van der Waals surface area contributed by atoms with Gasteiger partial charge < -0.3 is 9.84 Å². The lowest BCUT2D eigenvalue weighted by atomic mass is 9.99. The number of benzene rings is 1. The average Bonchev–Trinajstić information content (AvgIpc) is 2.89. The fourth-order valence-electron chi connectivity index (χ4n) is 3.41. The summed E-state index contributed by atoms with van der Waals surface area (Å²) in [5.41, 5.74) is 3.32. The third-order valence-corrected chi connectivity index (χ3v) is 4.54. The summed E-state index contributed by atoms with van der Waals surface area (Å²) in [6, 6.07) is 6.32. The van der Waals surface area contributed by atoms with Crippen LogP contribution in [-0.2, 0) is 11.2 Å². The molecule has 0 fully saturated rings. The second-order valence-electron chi connectivity index (χ2n) is 5.86. The smallest absolute Gasteiger partial charge is 0.332 e. The number of hydrogen-bond donors (Lipinski definition) is 1. The van der Waals surface area contributed by atoms with Gasteiger partial charge in [0.2, 0.25) is 0 Å². The summed E-state index contributed by atoms with van der Waals surface area (Å²) < 4.78 is 5.33. The molecule has 21 heavy (non-hydrogen) atoms. The van der Waals surface area contributed by atoms with E-state index in [1.165, 1.54) is 11.1 Å². The van der Waals surface area contributed by atoms with E-state index in [0.717, 1.165) is 38.1 Å². The minimum atomic E-state index is -0.784. The molecule has 0 bridgehead atoms. The third kappa shape index (κ3) is 2.95. The molecule has 1 unspecified atom stereocenters. The number of hydrogen-bond acceptors (Lipinski definition) is 3. The molecule has 1 aliphatic carbocycles. The second kappa shape index (κ2) is 5.90. The minimum absolute atomic E-state index is 0.489. The molecule has 4 heteroatoms. The van der Waals surface area contributed by atoms with Gasteiger partial charge in [0.05, 0.1) is 7.11 Å². The topological polar surface area (TPSA) is 49.8 Å². The van der Waals surface area contributed by atoms with Gasteiger partial charge in [-0.15, -0.1) is 0 Å². The van der Waals surface area contributed by atoms with E-state index in [0.29, 0.717) is 18.0 Å². The Bertz CT molecular complexity index is 579. The van der Waals surface area contributed by atoms with Gasteiger partial charge in [-0.1, -0.05) is 12.1 Å². The maximum Gasteiger partial charge on any atom is 0.332 e. The summed E-state index contributed by atoms with van der Waals surface area (Å²) in [5, 5.41) is 9.13. The molecule has 0 amide bonds. The molecule has 0 radical (unpaired) electrons. The van der Waals surface area contributed by atoms with Crippen molar-refractivity contribution in [2.24, 2.45) is 0 Å². The first-order valence-corrected chi connectivity index (χ1v) is 7.49. The Morgan fingerprint density at radius 3 is 3.10 bits per heavy atom. The predicted molar refractivity (Wildman–Crippen MR) is 80.8 cm³/mol. The Morgan fingerprint density at radius 1 is 1.48 bits per heavy atom. The normalized spacial score (nSPS) is 21.8. The summed E-state index contributed by atoms with van der Waals surface area (Å²) in [4.78, 5) is 13.4. The number of ether oxygens (including phenoxy) is 1. The lowest BCUT2D eigenvalue weighted by Crippen LogP contribution is -2.35. The molecule has 1 aliphatic heterocycles. The van der Waals surface area contributed by atoms with Gasteiger partial charge in [0.1, 0.15) is 5.75 Å². The number of fused-ring (bicyclic) bond motifs is 1. The maximum absolute atomic E-state index is 11.1. The lowest BCUT2D eigenvalue weighted by Gasteiger charge is -2.28. The van der Waals surface area contributed by atoms with Gasteiger partial charge in [-0.2, -0.15) is 0 Å². The van der Waals surface area contributed by atoms with Gasteiger partial charge in [0, 0.05) is 25.2 Å². The van der Waals surface area contributed by atoms with E-state index in [-0.39, 0.29) is 0 Å². The highest BCUT2D eigenvalue weighted by molar-refractivity contribution is 5.87. The van der Waals surface area contributed by atoms with Crippen molar-refractivity contribution in [1.29, 1.82) is 0 Å². The fourth-order valence-corrected chi connectivity index (χ4v) is 3.41. The Labute approximate surface area is 125 Å². The molecule has 1 aromatic carbocycles. The Morgan fingerprint density at radius 2 is 2.33 bits per heavy atom. The van der Waals surface area contributed by atoms with Gasteiger partial charge in [-0.3, -0.25) is 4.90 Å². The van der Waals surface area contributed by atoms with Crippen LogP contribution < -0.4 is 4.74 Å². The zero-order chi connectivity index (χ0) is 14.8. The van der Waals surface area contributed by atoms with Gasteiger partial charge in [0.25, 0.3) is 0 Å². The van der Waals surface area contributed by atoms with E-state index in [9.17, 15) is 4.79 Å². The predicted octanol–water partition coefficient (Wildman–Crippen LogP) is 2.44. The molecule has 1 atom stereocenters. The SMILES string of the molecule is COc1ccc2c(c1)C(CN1CCC=C(C(=O)O)C1)CC2. The summed E-state index contributed by atoms with van der Waals surface area (Å²) in [6.45, 7) is 2.45. The van der Waals surface area contributed by atoms with Crippen molar-refractivity contribution in [2.75, 3.05) is 26.7 Å². The molecule has 0 aromatic heterocycles.